The molecule has 0 aliphatic heterocycles. The quantitative estimate of drug-likeness (QED) is 0.845. The minimum absolute atomic E-state index is 0.0268. The number of amides is 2. The van der Waals surface area contributed by atoms with E-state index in [0.29, 0.717) is 5.13 Å². The number of hydrogen-bond acceptors (Lipinski definition) is 4. The van der Waals surface area contributed by atoms with Crippen LogP contribution in [0.25, 0.3) is 0 Å². The smallest absolute Gasteiger partial charge is 0.323 e. The Morgan fingerprint density at radius 2 is 2.20 bits per heavy atom. The zero-order chi connectivity index (χ0) is 14.7. The summed E-state index contributed by atoms with van der Waals surface area (Å²) in [6.45, 7) is 4.25. The second-order valence-corrected chi connectivity index (χ2v) is 6.08. The monoisotopic (exact) mass is 297 g/mol. The van der Waals surface area contributed by atoms with Gasteiger partial charge in [-0.3, -0.25) is 10.1 Å². The average molecular weight is 297 g/mol. The van der Waals surface area contributed by atoms with Crippen LogP contribution >= 0.6 is 11.3 Å². The molecular formula is C13H19N3O3S. The number of aryl methyl sites for hydroxylation is 2. The van der Waals surface area contributed by atoms with Crippen molar-refractivity contribution < 1.29 is 14.7 Å². The summed E-state index contributed by atoms with van der Waals surface area (Å²) in [5.74, 6) is -0.887. The van der Waals surface area contributed by atoms with E-state index < -0.39 is 5.97 Å². The number of aromatic nitrogens is 1. The van der Waals surface area contributed by atoms with Gasteiger partial charge in [-0.1, -0.05) is 6.92 Å². The van der Waals surface area contributed by atoms with Crippen molar-refractivity contribution in [3.8, 4) is 0 Å². The molecule has 0 bridgehead atoms. The lowest BCUT2D eigenvalue weighted by Gasteiger charge is -2.21. The summed E-state index contributed by atoms with van der Waals surface area (Å²) in [7, 11) is 0. The van der Waals surface area contributed by atoms with Gasteiger partial charge in [-0.15, -0.1) is 11.3 Å². The van der Waals surface area contributed by atoms with Gasteiger partial charge in [-0.2, -0.15) is 0 Å². The number of rotatable bonds is 6. The third-order valence-corrected chi connectivity index (χ3v) is 4.19. The number of anilines is 1. The molecule has 0 spiro atoms. The number of nitrogens with zero attached hydrogens (tertiary/aromatic N) is 2. The van der Waals surface area contributed by atoms with Crippen molar-refractivity contribution in [2.75, 3.05) is 11.9 Å². The third kappa shape index (κ3) is 3.69. The molecule has 1 aliphatic carbocycles. The molecular weight excluding hydrogens is 278 g/mol. The highest BCUT2D eigenvalue weighted by atomic mass is 32.1. The maximum absolute atomic E-state index is 12.2. The predicted octanol–water partition coefficient (Wildman–Crippen LogP) is 2.48. The zero-order valence-corrected chi connectivity index (χ0v) is 12.5. The van der Waals surface area contributed by atoms with Gasteiger partial charge >= 0.3 is 12.0 Å². The molecule has 0 saturated heterocycles. The molecule has 1 heterocycles. The summed E-state index contributed by atoms with van der Waals surface area (Å²) in [4.78, 5) is 29.9. The number of aliphatic carboxylic acids is 1. The van der Waals surface area contributed by atoms with Crippen LogP contribution in [0.5, 0.6) is 0 Å². The SMILES string of the molecule is CCc1nc(NC(=O)N(CCC(=O)O)C2CC2)sc1C. The van der Waals surface area contributed by atoms with Crippen molar-refractivity contribution in [1.29, 1.82) is 0 Å². The highest BCUT2D eigenvalue weighted by Gasteiger charge is 2.33. The zero-order valence-electron chi connectivity index (χ0n) is 11.7. The molecule has 1 aliphatic rings. The summed E-state index contributed by atoms with van der Waals surface area (Å²) in [6.07, 6.45) is 2.71. The van der Waals surface area contributed by atoms with Crippen molar-refractivity contribution in [3.63, 3.8) is 0 Å². The van der Waals surface area contributed by atoms with Crippen LogP contribution in [0.4, 0.5) is 9.93 Å². The van der Waals surface area contributed by atoms with Gasteiger partial charge in [0.1, 0.15) is 0 Å². The van der Waals surface area contributed by atoms with E-state index in [4.69, 9.17) is 5.11 Å². The molecule has 1 saturated carbocycles. The Labute approximate surface area is 121 Å². The van der Waals surface area contributed by atoms with E-state index >= 15 is 0 Å². The summed E-state index contributed by atoms with van der Waals surface area (Å²) in [6, 6.07) is -0.0637. The van der Waals surface area contributed by atoms with E-state index in [1.165, 1.54) is 11.3 Å². The molecule has 7 heteroatoms. The van der Waals surface area contributed by atoms with E-state index in [-0.39, 0.29) is 25.0 Å². The number of carbonyl (C=O) groups excluding carboxylic acids is 1. The highest BCUT2D eigenvalue weighted by Crippen LogP contribution is 2.28. The number of urea groups is 1. The first-order valence-electron chi connectivity index (χ1n) is 6.77. The number of carboxylic acids is 1. The summed E-state index contributed by atoms with van der Waals surface area (Å²) in [5, 5.41) is 12.1. The van der Waals surface area contributed by atoms with Crippen LogP contribution in [-0.4, -0.2) is 39.6 Å². The lowest BCUT2D eigenvalue weighted by atomic mass is 10.3. The molecule has 1 aromatic rings. The molecule has 0 unspecified atom stereocenters. The number of nitrogens with one attached hydrogen (secondary N) is 1. The molecule has 0 radical (unpaired) electrons. The van der Waals surface area contributed by atoms with Crippen LogP contribution in [0, 0.1) is 6.92 Å². The van der Waals surface area contributed by atoms with Gasteiger partial charge in [0.15, 0.2) is 5.13 Å². The number of hydrogen-bond donors (Lipinski definition) is 2. The van der Waals surface area contributed by atoms with Gasteiger partial charge in [-0.25, -0.2) is 9.78 Å². The Morgan fingerprint density at radius 1 is 1.50 bits per heavy atom. The Bertz CT molecular complexity index is 511. The van der Waals surface area contributed by atoms with Crippen molar-refractivity contribution in [2.45, 2.75) is 45.6 Å². The van der Waals surface area contributed by atoms with Crippen LogP contribution in [-0.2, 0) is 11.2 Å². The minimum atomic E-state index is -0.887. The van der Waals surface area contributed by atoms with Crippen molar-refractivity contribution in [1.82, 2.24) is 9.88 Å². The van der Waals surface area contributed by atoms with Crippen molar-refractivity contribution in [2.24, 2.45) is 0 Å². The Morgan fingerprint density at radius 3 is 2.70 bits per heavy atom. The Kier molecular flexibility index (Phi) is 4.59. The first-order valence-corrected chi connectivity index (χ1v) is 7.58. The fraction of sp³-hybridized carbons (Fsp3) is 0.615. The summed E-state index contributed by atoms with van der Waals surface area (Å²) < 4.78 is 0. The van der Waals surface area contributed by atoms with Gasteiger partial charge in [-0.05, 0) is 26.2 Å². The van der Waals surface area contributed by atoms with Crippen LogP contribution in [0.15, 0.2) is 0 Å². The second-order valence-electron chi connectivity index (χ2n) is 4.87. The molecule has 110 valence electrons. The fourth-order valence-corrected chi connectivity index (χ4v) is 2.92. The molecule has 0 aromatic carbocycles. The molecule has 1 fully saturated rings. The molecule has 1 aromatic heterocycles. The largest absolute Gasteiger partial charge is 0.481 e. The van der Waals surface area contributed by atoms with E-state index in [0.717, 1.165) is 29.8 Å². The van der Waals surface area contributed by atoms with Crippen LogP contribution in [0.3, 0.4) is 0 Å². The molecule has 2 amide bonds. The first-order chi connectivity index (χ1) is 9.51. The number of carboxylic acid groups (broad SMARTS) is 1. The lowest BCUT2D eigenvalue weighted by molar-refractivity contribution is -0.137. The standard InChI is InChI=1S/C13H19N3O3S/c1-3-10-8(2)20-12(14-10)15-13(19)16(9-4-5-9)7-6-11(17)18/h9H,3-7H2,1-2H3,(H,17,18)(H,14,15,19). The van der Waals surface area contributed by atoms with Gasteiger partial charge in [0.05, 0.1) is 12.1 Å². The van der Waals surface area contributed by atoms with Crippen LogP contribution in [0.1, 0.15) is 36.8 Å². The molecule has 2 N–H and O–H groups in total. The van der Waals surface area contributed by atoms with E-state index in [2.05, 4.69) is 10.3 Å². The van der Waals surface area contributed by atoms with Gasteiger partial charge in [0.25, 0.3) is 0 Å². The molecule has 0 atom stereocenters. The maximum atomic E-state index is 12.2. The van der Waals surface area contributed by atoms with Crippen LogP contribution < -0.4 is 5.32 Å². The van der Waals surface area contributed by atoms with Crippen molar-refractivity contribution >= 4 is 28.5 Å². The molecule has 20 heavy (non-hydrogen) atoms. The number of thiazole rings is 1. The minimum Gasteiger partial charge on any atom is -0.481 e. The second kappa shape index (κ2) is 6.21. The normalized spacial score (nSPS) is 14.1. The van der Waals surface area contributed by atoms with Crippen LogP contribution in [0.2, 0.25) is 0 Å². The average Bonchev–Trinajstić information content (AvgIpc) is 3.14. The highest BCUT2D eigenvalue weighted by molar-refractivity contribution is 7.15. The van der Waals surface area contributed by atoms with E-state index in [1.54, 1.807) is 4.90 Å². The van der Waals surface area contributed by atoms with Gasteiger partial charge < -0.3 is 10.0 Å². The first kappa shape index (κ1) is 14.8. The number of carbonyl (C=O) groups is 2. The van der Waals surface area contributed by atoms with Gasteiger partial charge in [0.2, 0.25) is 0 Å². The Balaban J connectivity index is 1.98. The van der Waals surface area contributed by atoms with Crippen molar-refractivity contribution in [3.05, 3.63) is 10.6 Å². The lowest BCUT2D eigenvalue weighted by Crippen LogP contribution is -2.38. The fourth-order valence-electron chi connectivity index (χ4n) is 2.03. The van der Waals surface area contributed by atoms with Gasteiger partial charge in [0, 0.05) is 17.5 Å². The van der Waals surface area contributed by atoms with E-state index in [1.807, 2.05) is 13.8 Å². The summed E-state index contributed by atoms with van der Waals surface area (Å²) in [5.41, 5.74) is 0.994. The maximum Gasteiger partial charge on any atom is 0.323 e. The van der Waals surface area contributed by atoms with E-state index in [9.17, 15) is 9.59 Å². The predicted molar refractivity (Wildman–Crippen MR) is 77.2 cm³/mol. The topological polar surface area (TPSA) is 82.5 Å². The molecule has 6 nitrogen and oxygen atoms in total. The molecule has 2 rings (SSSR count). The third-order valence-electron chi connectivity index (χ3n) is 3.26. The Hall–Kier alpha value is -1.63. The summed E-state index contributed by atoms with van der Waals surface area (Å²) >= 11 is 1.46.